The summed E-state index contributed by atoms with van der Waals surface area (Å²) < 4.78 is 62.9. The molecule has 37 heteroatoms. The van der Waals surface area contributed by atoms with Crippen LogP contribution in [0.2, 0.25) is 0 Å². The molecule has 806 valence electrons. The first kappa shape index (κ1) is 131. The monoisotopic (exact) mass is 2230 g/mol. The average Bonchev–Trinajstić information content (AvgIpc) is 1.60. The van der Waals surface area contributed by atoms with Gasteiger partial charge in [-0.25, -0.2) is 28.8 Å². The van der Waals surface area contributed by atoms with Crippen LogP contribution in [0.25, 0.3) is 42.2 Å². The molecule has 0 spiro atoms. The van der Waals surface area contributed by atoms with Crippen LogP contribution in [0.4, 0.5) is 32.8 Å². The van der Waals surface area contributed by atoms with Crippen LogP contribution in [0.5, 0.6) is 0 Å². The van der Waals surface area contributed by atoms with E-state index in [0.717, 1.165) is 117 Å². The number of hydrogen-bond acceptors (Lipinski definition) is 26. The van der Waals surface area contributed by atoms with E-state index in [4.69, 9.17) is 79.4 Å². The molecular formula is C108H157Cl3FIN10O20S2. The molecule has 0 bridgehead atoms. The summed E-state index contributed by atoms with van der Waals surface area (Å²) in [7, 11) is 1.00. The van der Waals surface area contributed by atoms with E-state index in [2.05, 4.69) is 71.2 Å². The summed E-state index contributed by atoms with van der Waals surface area (Å²) in [5.74, 6) is -2.46. The maximum atomic E-state index is 13.7. The minimum atomic E-state index is -0.799. The molecule has 2 fully saturated rings. The topological polar surface area (TPSA) is 418 Å². The second kappa shape index (κ2) is 68.4. The number of nitrogens with zero attached hydrogens (tertiary/aromatic N) is 5. The van der Waals surface area contributed by atoms with Crippen LogP contribution in [0.1, 0.15) is 264 Å². The molecule has 2 aliphatic heterocycles. The van der Waals surface area contributed by atoms with Crippen molar-refractivity contribution in [3.05, 3.63) is 238 Å². The molecule has 4 aromatic heterocycles. The van der Waals surface area contributed by atoms with Gasteiger partial charge in [0.1, 0.15) is 63.9 Å². The van der Waals surface area contributed by atoms with E-state index < -0.39 is 79.5 Å². The van der Waals surface area contributed by atoms with Gasteiger partial charge in [0.15, 0.2) is 0 Å². The zero-order valence-corrected chi connectivity index (χ0v) is 94.6. The number of nitro groups is 2. The number of alkyl halides is 3. The van der Waals surface area contributed by atoms with E-state index in [-0.39, 0.29) is 71.3 Å². The van der Waals surface area contributed by atoms with Gasteiger partial charge in [0.25, 0.3) is 5.69 Å². The molecule has 30 nitrogen and oxygen atoms in total. The summed E-state index contributed by atoms with van der Waals surface area (Å²) in [6.45, 7) is 46.3. The van der Waals surface area contributed by atoms with Gasteiger partial charge in [-0.1, -0.05) is 174 Å². The predicted molar refractivity (Wildman–Crippen MR) is 601 cm³/mol. The minimum Gasteiger partial charge on any atom is -0.459 e. The molecule has 2 aliphatic rings. The molecule has 7 aromatic carbocycles. The van der Waals surface area contributed by atoms with E-state index in [1.807, 2.05) is 212 Å². The van der Waals surface area contributed by atoms with Crippen LogP contribution in [0, 0.1) is 39.9 Å². The molecule has 0 radical (unpaired) electrons. The number of imidazole rings is 2. The number of fused-ring (bicyclic) bond motifs is 4. The lowest BCUT2D eigenvalue weighted by Crippen LogP contribution is -2.37. The third-order valence-corrected chi connectivity index (χ3v) is 22.1. The van der Waals surface area contributed by atoms with Gasteiger partial charge in [-0.15, -0.1) is 58.3 Å². The number of nitro benzene ring substituents is 2. The van der Waals surface area contributed by atoms with Crippen LogP contribution in [0.3, 0.4) is 0 Å². The molecule has 0 saturated carbocycles. The Labute approximate surface area is 893 Å². The van der Waals surface area contributed by atoms with Gasteiger partial charge in [0, 0.05) is 67.2 Å². The summed E-state index contributed by atoms with van der Waals surface area (Å²) in [6.07, 6.45) is 12.3. The van der Waals surface area contributed by atoms with Crippen molar-refractivity contribution in [2.24, 2.45) is 5.73 Å². The van der Waals surface area contributed by atoms with Crippen molar-refractivity contribution in [1.29, 1.82) is 0 Å². The number of rotatable bonds is 26. The number of nitrogens with two attached hydrogens (primary N) is 2. The molecule has 0 aliphatic carbocycles. The van der Waals surface area contributed by atoms with Crippen molar-refractivity contribution in [1.82, 2.24) is 18.7 Å². The molecule has 2 saturated heterocycles. The number of nitrogen functional groups attached to an aromatic ring is 1. The zero-order chi connectivity index (χ0) is 110. The first-order valence-corrected chi connectivity index (χ1v) is 52.6. The molecule has 145 heavy (non-hydrogen) atoms. The second-order valence-electron chi connectivity index (χ2n) is 38.1. The lowest BCUT2D eigenvalue weighted by atomic mass is 10.1. The zero-order valence-electron chi connectivity index (χ0n) is 89.5. The predicted octanol–water partition coefficient (Wildman–Crippen LogP) is 25.8. The molecule has 11 aromatic rings. The maximum Gasteiger partial charge on any atom is 0.330 e. The third kappa shape index (κ3) is 48.6. The van der Waals surface area contributed by atoms with E-state index >= 15 is 0 Å². The fourth-order valence-electron chi connectivity index (χ4n) is 14.2. The fourth-order valence-corrected chi connectivity index (χ4v) is 16.2. The summed E-state index contributed by atoms with van der Waals surface area (Å²) in [5.41, 5.74) is 17.2. The first-order valence-electron chi connectivity index (χ1n) is 48.9. The molecule has 6 heterocycles. The van der Waals surface area contributed by atoms with Gasteiger partial charge >= 0.3 is 46.9 Å². The molecule has 13 rings (SSSR count). The first-order chi connectivity index (χ1) is 68.3. The number of aliphatic hydroxyl groups is 2. The average molecular weight is 2230 g/mol. The molecule has 0 amide bonds. The highest BCUT2D eigenvalue weighted by Gasteiger charge is 2.34. The van der Waals surface area contributed by atoms with E-state index in [1.165, 1.54) is 79.7 Å². The fraction of sp³-hybridized carbons (Fsp3) is 0.509. The van der Waals surface area contributed by atoms with E-state index in [9.17, 15) is 58.2 Å². The molecule has 0 unspecified atom stereocenters. The second-order valence-corrected chi connectivity index (χ2v) is 40.7. The number of benzene rings is 7. The van der Waals surface area contributed by atoms with Gasteiger partial charge < -0.3 is 70.5 Å². The summed E-state index contributed by atoms with van der Waals surface area (Å²) in [4.78, 5) is 110. The van der Waals surface area contributed by atoms with E-state index in [1.54, 1.807) is 76.8 Å². The van der Waals surface area contributed by atoms with Gasteiger partial charge in [-0.3, -0.25) is 38.7 Å². The minimum absolute atomic E-state index is 0. The molecule has 9 N–H and O–H groups in total. The number of carbonyl (C=O) groups is 5. The Morgan fingerprint density at radius 1 is 0.517 bits per heavy atom. The van der Waals surface area contributed by atoms with Crippen molar-refractivity contribution in [2.45, 2.75) is 314 Å². The quantitative estimate of drug-likeness (QED) is 0.00503. The number of para-hydroxylation sites is 9. The molecular weight excluding hydrogens is 2070 g/mol. The van der Waals surface area contributed by atoms with Crippen molar-refractivity contribution >= 4 is 181 Å². The highest BCUT2D eigenvalue weighted by molar-refractivity contribution is 14.1. The number of aryl methyl sites for hydroxylation is 2. The number of aliphatic hydroxyl groups excluding tert-OH is 2. The summed E-state index contributed by atoms with van der Waals surface area (Å²) >= 11 is 14.9. The van der Waals surface area contributed by atoms with Crippen LogP contribution >= 0.6 is 80.9 Å². The number of aromatic nitrogens is 4. The Morgan fingerprint density at radius 3 is 1.28 bits per heavy atom. The van der Waals surface area contributed by atoms with E-state index in [0.29, 0.717) is 54.9 Å². The number of carbonyl (C=O) groups excluding carboxylic acids is 5. The Bertz CT molecular complexity index is 5810. The summed E-state index contributed by atoms with van der Waals surface area (Å²) in [6, 6.07) is 43.6. The standard InChI is InChI=1S/C26H30N2O3S.C16H22N2O3.C15H22N2O4.C15H24N2O2.C10H10OS.C9H19NO2.C6H4FNO2.2C4H8O.CH2Cl2.CH3I.CH4O.ClH/c1-6-10-21(24(29)31-26(3,4)5)28-20-13-8-7-12-19(20)27(25(28)30)15-18-16-32-22-14-9-11-17(2)23(18)22;1-5-8-13(14(19)21-16(2,3)4)18-12-10-7-6-9-11(12)17-15(18)20;1-5-8-12(14(18)21-15(2,3)4)16-11-9-6-7-10-13(11)17(19)20;1-5-8-13(14(18)19-15(2,3)4)17-12-10-7-6-9-11(12)16;1-7-3-2-4-9-10(7)8(5-11)6-12-9;1-5-6-7(10)8(11)12-9(2,3)4;7-5-3-1-2-4-6(5)8(9)10;2*1-2-4-5-3-1;2-1-3;2*1-2;/h7-9,11-14,16,21H,6,10,15H2,1-5H3;6-7,9-10,13H,5,8H2,1-4H3,(H,17,20);6-7,9-10,12,16H,5,8H2,1-4H3;6-7,9-10,13,17H,5,8,16H2,1-4H3;2-4,6,11H,5H2,1H3;7H,5-6,10H2,1-4H3;1-4H;2*1-4H2;1H2;1H3;2H,1H3;1H/t21-;13-;12-;13-;;7-;;;;;;;/m0000.0......./s1/i;;;;;;;;;;1D;;. The van der Waals surface area contributed by atoms with Crippen LogP contribution in [-0.4, -0.2) is 159 Å². The number of H-pyrrole nitrogens is 1. The van der Waals surface area contributed by atoms with Gasteiger partial charge in [0.05, 0.1) is 61.8 Å². The Hall–Kier alpha value is -10.1. The number of halogens is 5. The van der Waals surface area contributed by atoms with Crippen molar-refractivity contribution in [3.63, 3.8) is 0 Å². The smallest absolute Gasteiger partial charge is 0.330 e. The molecule has 5 atom stereocenters. The Kier molecular flexibility index (Phi) is 61.8. The lowest BCUT2D eigenvalue weighted by Gasteiger charge is -2.25. The van der Waals surface area contributed by atoms with Gasteiger partial charge in [0.2, 0.25) is 5.82 Å². The highest BCUT2D eigenvalue weighted by atomic mass is 127. The number of ether oxygens (including phenoxy) is 7. The van der Waals surface area contributed by atoms with Crippen molar-refractivity contribution < 1.29 is 83.0 Å². The number of esters is 5. The van der Waals surface area contributed by atoms with Crippen molar-refractivity contribution in [2.75, 3.05) is 60.2 Å². The Morgan fingerprint density at radius 2 is 0.876 bits per heavy atom. The number of anilines is 3. The summed E-state index contributed by atoms with van der Waals surface area (Å²) in [5, 5.41) is 49.9. The maximum absolute atomic E-state index is 13.7. The van der Waals surface area contributed by atoms with Gasteiger partial charge in [-0.2, -0.15) is 4.39 Å². The normalized spacial score (nSPS) is 13.0. The number of aromatic amines is 1. The largest absolute Gasteiger partial charge is 0.459 e. The number of thiophene rings is 2. The third-order valence-electron chi connectivity index (χ3n) is 20.1. The van der Waals surface area contributed by atoms with Crippen LogP contribution < -0.4 is 33.5 Å². The van der Waals surface area contributed by atoms with Crippen LogP contribution in [0.15, 0.2) is 178 Å². The van der Waals surface area contributed by atoms with Gasteiger partial charge in [-0.05, 0) is 274 Å². The number of hydrogen-bond donors (Lipinski definition) is 7. The lowest BCUT2D eigenvalue weighted by molar-refractivity contribution is -0.387. The number of nitrogens with one attached hydrogen (secondary N) is 3. The Balaban J connectivity index is 0.000000846. The SMILES string of the molecule is C1CCOC1.C1CCOC1.CCC[C@@H](C(=O)OC(C)(C)C)n1c(=O)[nH]c2ccccc21.CCC[C@@H](C(=O)OC(C)(C)C)n1c(=O)n(Cc2csc3cccc(C)c23)c2ccccc21.CCC[C@H](N)C(=O)OC(C)(C)C.CCC[C@H](Nc1ccccc1N)C(=O)OC(C)(C)C.CCC[C@H](Nc1ccccc1[N+](=O)[O-])C(=O)OC(C)(C)C.CO.Cc1cccc2scc(CO)c12.Cl.ClCCl.O=[N+]([O-])c1ccccc1F.[2H]CI. The highest BCUT2D eigenvalue weighted by Crippen LogP contribution is 2.34. The van der Waals surface area contributed by atoms with Crippen molar-refractivity contribution in [3.8, 4) is 0 Å². The van der Waals surface area contributed by atoms with Crippen LogP contribution in [-0.2, 0) is 70.3 Å².